The van der Waals surface area contributed by atoms with Crippen molar-refractivity contribution in [1.29, 1.82) is 0 Å². The van der Waals surface area contributed by atoms with Crippen molar-refractivity contribution in [1.82, 2.24) is 9.62 Å². The van der Waals surface area contributed by atoms with Crippen molar-refractivity contribution in [2.24, 2.45) is 0 Å². The number of hydrogen-bond acceptors (Lipinski definition) is 5. The van der Waals surface area contributed by atoms with E-state index >= 15 is 0 Å². The van der Waals surface area contributed by atoms with Crippen LogP contribution < -0.4 is 10.0 Å². The van der Waals surface area contributed by atoms with E-state index in [1.165, 1.54) is 16.4 Å². The quantitative estimate of drug-likeness (QED) is 0.605. The molecule has 0 atom stereocenters. The Morgan fingerprint density at radius 1 is 1.38 bits per heavy atom. The van der Waals surface area contributed by atoms with Crippen molar-refractivity contribution in [2.75, 3.05) is 30.9 Å². The normalized spacial score (nSPS) is 16.7. The molecule has 116 valence electrons. The maximum Gasteiger partial charge on any atom is 0.301 e. The summed E-state index contributed by atoms with van der Waals surface area (Å²) < 4.78 is 28.7. The van der Waals surface area contributed by atoms with Crippen LogP contribution in [0.2, 0.25) is 0 Å². The molecule has 0 aliphatic carbocycles. The van der Waals surface area contributed by atoms with Crippen LogP contribution >= 0.6 is 15.9 Å². The molecule has 1 aromatic rings. The summed E-state index contributed by atoms with van der Waals surface area (Å²) in [4.78, 5) is 10.4. The highest BCUT2D eigenvalue weighted by molar-refractivity contribution is 9.10. The monoisotopic (exact) mass is 378 g/mol. The second kappa shape index (κ2) is 6.26. The average Bonchev–Trinajstić information content (AvgIpc) is 2.42. The maximum absolute atomic E-state index is 12.3. The van der Waals surface area contributed by atoms with Gasteiger partial charge in [-0.25, -0.2) is 0 Å². The number of nitro benzene ring substituents is 1. The van der Waals surface area contributed by atoms with Crippen LogP contribution in [0.5, 0.6) is 0 Å². The fraction of sp³-hybridized carbons (Fsp3) is 0.455. The number of halogens is 1. The molecule has 0 bridgehead atoms. The molecule has 0 aromatic heterocycles. The molecule has 0 unspecified atom stereocenters. The highest BCUT2D eigenvalue weighted by Crippen LogP contribution is 2.31. The van der Waals surface area contributed by atoms with Crippen LogP contribution in [0.25, 0.3) is 0 Å². The first kappa shape index (κ1) is 16.1. The van der Waals surface area contributed by atoms with Gasteiger partial charge in [0.1, 0.15) is 0 Å². The number of benzene rings is 1. The Morgan fingerprint density at radius 2 is 2.00 bits per heavy atom. The minimum absolute atomic E-state index is 0.129. The lowest BCUT2D eigenvalue weighted by atomic mass is 10.2. The van der Waals surface area contributed by atoms with E-state index in [-0.39, 0.29) is 11.4 Å². The fourth-order valence-corrected chi connectivity index (χ4v) is 3.95. The molecule has 2 N–H and O–H groups in total. The van der Waals surface area contributed by atoms with E-state index < -0.39 is 15.1 Å². The van der Waals surface area contributed by atoms with E-state index in [2.05, 4.69) is 26.0 Å². The van der Waals surface area contributed by atoms with E-state index in [1.807, 2.05) is 0 Å². The number of nitrogens with one attached hydrogen (secondary N) is 2. The Bertz CT molecular complexity index is 658. The molecule has 2 rings (SSSR count). The van der Waals surface area contributed by atoms with Gasteiger partial charge in [0, 0.05) is 42.3 Å². The molecule has 8 nitrogen and oxygen atoms in total. The van der Waals surface area contributed by atoms with Crippen LogP contribution in [0.15, 0.2) is 16.6 Å². The smallest absolute Gasteiger partial charge is 0.301 e. The van der Waals surface area contributed by atoms with Gasteiger partial charge in [-0.15, -0.1) is 0 Å². The Kier molecular flexibility index (Phi) is 4.81. The van der Waals surface area contributed by atoms with Gasteiger partial charge in [-0.2, -0.15) is 12.7 Å². The fourth-order valence-electron chi connectivity index (χ4n) is 2.02. The molecule has 0 saturated carbocycles. The zero-order chi connectivity index (χ0) is 15.6. The number of hydrogen-bond donors (Lipinski definition) is 2. The first-order chi connectivity index (χ1) is 9.81. The SMILES string of the molecule is Cc1cc(Br)c(NS(=O)(=O)N2CCNCC2)cc1[N+](=O)[O-]. The predicted octanol–water partition coefficient (Wildman–Crippen LogP) is 1.23. The molecule has 1 aliphatic rings. The van der Waals surface area contributed by atoms with E-state index in [1.54, 1.807) is 6.92 Å². The van der Waals surface area contributed by atoms with Gasteiger partial charge in [0.25, 0.3) is 5.69 Å². The Hall–Kier alpha value is -1.23. The largest absolute Gasteiger partial charge is 0.314 e. The van der Waals surface area contributed by atoms with Crippen LogP contribution in [-0.2, 0) is 10.2 Å². The first-order valence-corrected chi connectivity index (χ1v) is 8.48. The summed E-state index contributed by atoms with van der Waals surface area (Å²) in [5.41, 5.74) is 0.485. The lowest BCUT2D eigenvalue weighted by Gasteiger charge is -2.27. The summed E-state index contributed by atoms with van der Waals surface area (Å²) in [7, 11) is -3.72. The van der Waals surface area contributed by atoms with Crippen molar-refractivity contribution in [2.45, 2.75) is 6.92 Å². The summed E-state index contributed by atoms with van der Waals surface area (Å²) in [6.07, 6.45) is 0. The molecule has 1 aliphatic heterocycles. The summed E-state index contributed by atoms with van der Waals surface area (Å²) >= 11 is 3.23. The summed E-state index contributed by atoms with van der Waals surface area (Å²) in [5.74, 6) is 0. The average molecular weight is 379 g/mol. The molecule has 1 heterocycles. The van der Waals surface area contributed by atoms with E-state index in [0.717, 1.165) is 0 Å². The Labute approximate surface area is 131 Å². The van der Waals surface area contributed by atoms with Crippen LogP contribution in [0.4, 0.5) is 11.4 Å². The Balaban J connectivity index is 2.30. The first-order valence-electron chi connectivity index (χ1n) is 6.24. The van der Waals surface area contributed by atoms with Crippen molar-refractivity contribution in [3.05, 3.63) is 32.3 Å². The van der Waals surface area contributed by atoms with Gasteiger partial charge >= 0.3 is 10.2 Å². The molecule has 0 spiro atoms. The highest BCUT2D eigenvalue weighted by atomic mass is 79.9. The lowest BCUT2D eigenvalue weighted by molar-refractivity contribution is -0.385. The number of anilines is 1. The molecule has 21 heavy (non-hydrogen) atoms. The Morgan fingerprint density at radius 3 is 2.57 bits per heavy atom. The summed E-state index contributed by atoms with van der Waals surface area (Å²) in [6, 6.07) is 2.74. The third-order valence-corrected chi connectivity index (χ3v) is 5.32. The van der Waals surface area contributed by atoms with Crippen molar-refractivity contribution < 1.29 is 13.3 Å². The second-order valence-corrected chi connectivity index (χ2v) is 7.16. The van der Waals surface area contributed by atoms with Crippen LogP contribution in [0.3, 0.4) is 0 Å². The van der Waals surface area contributed by atoms with Gasteiger partial charge in [-0.3, -0.25) is 14.8 Å². The van der Waals surface area contributed by atoms with E-state index in [9.17, 15) is 18.5 Å². The molecular weight excluding hydrogens is 364 g/mol. The van der Waals surface area contributed by atoms with Gasteiger partial charge < -0.3 is 5.32 Å². The number of piperazine rings is 1. The molecule has 1 fully saturated rings. The lowest BCUT2D eigenvalue weighted by Crippen LogP contribution is -2.48. The molecule has 0 amide bonds. The number of nitrogens with zero attached hydrogens (tertiary/aromatic N) is 2. The standard InChI is InChI=1S/C11H15BrN4O4S/c1-8-6-9(12)10(7-11(8)16(17)18)14-21(19,20)15-4-2-13-3-5-15/h6-7,13-14H,2-5H2,1H3. The highest BCUT2D eigenvalue weighted by Gasteiger charge is 2.25. The zero-order valence-corrected chi connectivity index (χ0v) is 13.7. The molecular formula is C11H15BrN4O4S. The van der Waals surface area contributed by atoms with Crippen molar-refractivity contribution in [3.8, 4) is 0 Å². The predicted molar refractivity (Wildman–Crippen MR) is 82.5 cm³/mol. The van der Waals surface area contributed by atoms with Gasteiger partial charge in [0.15, 0.2) is 0 Å². The van der Waals surface area contributed by atoms with Crippen molar-refractivity contribution in [3.63, 3.8) is 0 Å². The van der Waals surface area contributed by atoms with Gasteiger partial charge in [0.2, 0.25) is 0 Å². The van der Waals surface area contributed by atoms with Gasteiger partial charge in [-0.05, 0) is 28.9 Å². The van der Waals surface area contributed by atoms with Crippen LogP contribution in [-0.4, -0.2) is 43.8 Å². The third kappa shape index (κ3) is 3.70. The second-order valence-electron chi connectivity index (χ2n) is 4.63. The number of nitro groups is 1. The van der Waals surface area contributed by atoms with Crippen LogP contribution in [0.1, 0.15) is 5.56 Å². The minimum atomic E-state index is -3.72. The number of aryl methyl sites for hydroxylation is 1. The van der Waals surface area contributed by atoms with Crippen LogP contribution in [0, 0.1) is 17.0 Å². The maximum atomic E-state index is 12.3. The van der Waals surface area contributed by atoms with E-state index in [4.69, 9.17) is 0 Å². The molecule has 1 saturated heterocycles. The summed E-state index contributed by atoms with van der Waals surface area (Å²) in [5, 5.41) is 14.0. The zero-order valence-electron chi connectivity index (χ0n) is 11.3. The summed E-state index contributed by atoms with van der Waals surface area (Å²) in [6.45, 7) is 3.48. The number of rotatable bonds is 4. The topological polar surface area (TPSA) is 105 Å². The van der Waals surface area contributed by atoms with Crippen molar-refractivity contribution >= 4 is 37.5 Å². The van der Waals surface area contributed by atoms with Gasteiger partial charge in [0.05, 0.1) is 10.6 Å². The van der Waals surface area contributed by atoms with Gasteiger partial charge in [-0.1, -0.05) is 0 Å². The molecule has 1 aromatic carbocycles. The minimum Gasteiger partial charge on any atom is -0.314 e. The molecule has 10 heteroatoms. The van der Waals surface area contributed by atoms with E-state index in [0.29, 0.717) is 36.2 Å². The molecule has 0 radical (unpaired) electrons. The third-order valence-electron chi connectivity index (χ3n) is 3.14.